The molecule has 1 saturated heterocycles. The summed E-state index contributed by atoms with van der Waals surface area (Å²) >= 11 is 0. The van der Waals surface area contributed by atoms with Crippen molar-refractivity contribution >= 4 is 12.1 Å². The Kier molecular flexibility index (Phi) is 4.94. The summed E-state index contributed by atoms with van der Waals surface area (Å²) in [6, 6.07) is 0. The van der Waals surface area contributed by atoms with E-state index in [4.69, 9.17) is 4.74 Å². The van der Waals surface area contributed by atoms with Gasteiger partial charge in [0.1, 0.15) is 11.5 Å². The first-order valence-electron chi connectivity index (χ1n) is 6.59. The SMILES string of the molecule is CCOC(=O)C1CN(C(=O)OC(C)(C)C)CCC1(F)F. The molecule has 0 bridgehead atoms. The second-order valence-corrected chi connectivity index (χ2v) is 5.74. The molecule has 0 spiro atoms. The standard InChI is InChI=1S/C13H21F2NO4/c1-5-19-10(17)9-8-16(7-6-13(9,14)15)11(18)20-12(2,3)4/h9H,5-8H2,1-4H3. The maximum Gasteiger partial charge on any atom is 0.410 e. The lowest BCUT2D eigenvalue weighted by Gasteiger charge is -2.37. The molecule has 5 nitrogen and oxygen atoms in total. The van der Waals surface area contributed by atoms with E-state index in [-0.39, 0.29) is 19.7 Å². The maximum atomic E-state index is 13.7. The van der Waals surface area contributed by atoms with Gasteiger partial charge in [0.15, 0.2) is 0 Å². The minimum absolute atomic E-state index is 0.0256. The van der Waals surface area contributed by atoms with Crippen molar-refractivity contribution in [2.75, 3.05) is 19.7 Å². The Morgan fingerprint density at radius 3 is 2.45 bits per heavy atom. The second kappa shape index (κ2) is 5.93. The molecule has 0 radical (unpaired) electrons. The highest BCUT2D eigenvalue weighted by molar-refractivity contribution is 5.76. The van der Waals surface area contributed by atoms with Gasteiger partial charge < -0.3 is 14.4 Å². The predicted octanol–water partition coefficient (Wildman–Crippen LogP) is 2.44. The van der Waals surface area contributed by atoms with Crippen LogP contribution in [0.25, 0.3) is 0 Å². The molecule has 1 rings (SSSR count). The zero-order valence-electron chi connectivity index (χ0n) is 12.2. The summed E-state index contributed by atoms with van der Waals surface area (Å²) in [5, 5.41) is 0. The van der Waals surface area contributed by atoms with Crippen molar-refractivity contribution in [2.24, 2.45) is 5.92 Å². The Labute approximate surface area is 117 Å². The maximum absolute atomic E-state index is 13.7. The third-order valence-electron chi connectivity index (χ3n) is 2.85. The molecule has 0 saturated carbocycles. The molecule has 1 heterocycles. The monoisotopic (exact) mass is 293 g/mol. The number of rotatable bonds is 2. The lowest BCUT2D eigenvalue weighted by Crippen LogP contribution is -2.53. The van der Waals surface area contributed by atoms with Crippen LogP contribution in [0.4, 0.5) is 13.6 Å². The smallest absolute Gasteiger partial charge is 0.410 e. The van der Waals surface area contributed by atoms with Crippen LogP contribution in [0.15, 0.2) is 0 Å². The molecule has 7 heteroatoms. The van der Waals surface area contributed by atoms with Crippen LogP contribution in [-0.4, -0.2) is 48.2 Å². The van der Waals surface area contributed by atoms with Crippen LogP contribution in [0.1, 0.15) is 34.1 Å². The molecule has 1 aliphatic rings. The molecule has 1 atom stereocenters. The largest absolute Gasteiger partial charge is 0.466 e. The number of hydrogen-bond acceptors (Lipinski definition) is 4. The van der Waals surface area contributed by atoms with Crippen LogP contribution >= 0.6 is 0 Å². The fraction of sp³-hybridized carbons (Fsp3) is 0.846. The van der Waals surface area contributed by atoms with Crippen molar-refractivity contribution in [1.29, 1.82) is 0 Å². The van der Waals surface area contributed by atoms with Gasteiger partial charge in [-0.2, -0.15) is 0 Å². The quantitative estimate of drug-likeness (QED) is 0.734. The Hall–Kier alpha value is -1.40. The van der Waals surface area contributed by atoms with Crippen molar-refractivity contribution in [3.8, 4) is 0 Å². The molecule has 0 aromatic carbocycles. The molecule has 1 amide bonds. The number of ether oxygens (including phenoxy) is 2. The molecule has 1 unspecified atom stereocenters. The zero-order valence-corrected chi connectivity index (χ0v) is 12.2. The van der Waals surface area contributed by atoms with Crippen molar-refractivity contribution in [2.45, 2.75) is 45.6 Å². The molecular weight excluding hydrogens is 272 g/mol. The van der Waals surface area contributed by atoms with Gasteiger partial charge in [-0.3, -0.25) is 4.79 Å². The second-order valence-electron chi connectivity index (χ2n) is 5.74. The number of alkyl halides is 2. The number of hydrogen-bond donors (Lipinski definition) is 0. The van der Waals surface area contributed by atoms with Crippen molar-refractivity contribution in [1.82, 2.24) is 4.90 Å². The third-order valence-corrected chi connectivity index (χ3v) is 2.85. The highest BCUT2D eigenvalue weighted by atomic mass is 19.3. The van der Waals surface area contributed by atoms with Gasteiger partial charge in [-0.1, -0.05) is 0 Å². The normalized spacial score (nSPS) is 22.3. The number of esters is 1. The summed E-state index contributed by atoms with van der Waals surface area (Å²) in [6.45, 7) is 6.10. The van der Waals surface area contributed by atoms with Gasteiger partial charge in [-0.15, -0.1) is 0 Å². The van der Waals surface area contributed by atoms with Gasteiger partial charge >= 0.3 is 12.1 Å². The average Bonchev–Trinajstić information content (AvgIpc) is 2.26. The Morgan fingerprint density at radius 1 is 1.35 bits per heavy atom. The lowest BCUT2D eigenvalue weighted by molar-refractivity contribution is -0.171. The van der Waals surface area contributed by atoms with E-state index in [0.29, 0.717) is 0 Å². The van der Waals surface area contributed by atoms with Gasteiger partial charge in [0.05, 0.1) is 6.61 Å². The lowest BCUT2D eigenvalue weighted by atomic mass is 9.94. The van der Waals surface area contributed by atoms with E-state index < -0.39 is 35.9 Å². The highest BCUT2D eigenvalue weighted by Gasteiger charge is 2.50. The van der Waals surface area contributed by atoms with Crippen LogP contribution in [0, 0.1) is 5.92 Å². The van der Waals surface area contributed by atoms with Crippen LogP contribution < -0.4 is 0 Å². The van der Waals surface area contributed by atoms with Gasteiger partial charge in [-0.25, -0.2) is 13.6 Å². The average molecular weight is 293 g/mol. The van der Waals surface area contributed by atoms with E-state index in [2.05, 4.69) is 4.74 Å². The van der Waals surface area contributed by atoms with Gasteiger partial charge in [0.25, 0.3) is 5.92 Å². The van der Waals surface area contributed by atoms with E-state index >= 15 is 0 Å². The first kappa shape index (κ1) is 16.7. The molecule has 0 aromatic rings. The number of nitrogens with zero attached hydrogens (tertiary/aromatic N) is 1. The Bertz CT molecular complexity index is 379. The van der Waals surface area contributed by atoms with E-state index in [0.717, 1.165) is 4.90 Å². The van der Waals surface area contributed by atoms with E-state index in [1.54, 1.807) is 27.7 Å². The molecule has 1 fully saturated rings. The number of carbonyl (C=O) groups is 2. The van der Waals surface area contributed by atoms with Crippen molar-refractivity contribution in [3.05, 3.63) is 0 Å². The minimum atomic E-state index is -3.16. The molecule has 0 aromatic heterocycles. The Balaban J connectivity index is 2.75. The number of amides is 1. The summed E-state index contributed by atoms with van der Waals surface area (Å²) in [7, 11) is 0. The van der Waals surface area contributed by atoms with Gasteiger partial charge in [0.2, 0.25) is 0 Å². The third kappa shape index (κ3) is 4.31. The number of halogens is 2. The molecular formula is C13H21F2NO4. The number of likely N-dealkylation sites (tertiary alicyclic amines) is 1. The molecule has 116 valence electrons. The fourth-order valence-electron chi connectivity index (χ4n) is 1.89. The first-order chi connectivity index (χ1) is 9.07. The van der Waals surface area contributed by atoms with Crippen LogP contribution in [0.2, 0.25) is 0 Å². The summed E-state index contributed by atoms with van der Waals surface area (Å²) in [4.78, 5) is 24.6. The molecule has 20 heavy (non-hydrogen) atoms. The van der Waals surface area contributed by atoms with E-state index in [1.165, 1.54) is 0 Å². The van der Waals surface area contributed by atoms with Gasteiger partial charge in [0, 0.05) is 19.5 Å². The van der Waals surface area contributed by atoms with Crippen molar-refractivity contribution < 1.29 is 27.8 Å². The summed E-state index contributed by atoms with van der Waals surface area (Å²) in [6.07, 6.45) is -1.27. The molecule has 0 N–H and O–H groups in total. The fourth-order valence-corrected chi connectivity index (χ4v) is 1.89. The van der Waals surface area contributed by atoms with Crippen molar-refractivity contribution in [3.63, 3.8) is 0 Å². The molecule has 1 aliphatic heterocycles. The van der Waals surface area contributed by atoms with E-state index in [1.807, 2.05) is 0 Å². The van der Waals surface area contributed by atoms with Crippen LogP contribution in [0.5, 0.6) is 0 Å². The zero-order chi connectivity index (χ0) is 15.6. The van der Waals surface area contributed by atoms with Gasteiger partial charge in [-0.05, 0) is 27.7 Å². The van der Waals surface area contributed by atoms with E-state index in [9.17, 15) is 18.4 Å². The topological polar surface area (TPSA) is 55.8 Å². The summed E-state index contributed by atoms with van der Waals surface area (Å²) in [5.74, 6) is -5.78. The minimum Gasteiger partial charge on any atom is -0.466 e. The number of piperidine rings is 1. The van der Waals surface area contributed by atoms with Crippen LogP contribution in [-0.2, 0) is 14.3 Å². The van der Waals surface area contributed by atoms with Crippen LogP contribution in [0.3, 0.4) is 0 Å². The highest BCUT2D eigenvalue weighted by Crippen LogP contribution is 2.34. The first-order valence-corrected chi connectivity index (χ1v) is 6.59. The Morgan fingerprint density at radius 2 is 1.95 bits per heavy atom. The predicted molar refractivity (Wildman–Crippen MR) is 67.5 cm³/mol. The summed E-state index contributed by atoms with van der Waals surface area (Å²) in [5.41, 5.74) is -0.712. The number of carbonyl (C=O) groups excluding carboxylic acids is 2. The molecule has 0 aliphatic carbocycles. The summed E-state index contributed by atoms with van der Waals surface area (Å²) < 4.78 is 37.2.